The smallest absolute Gasteiger partial charge is 0.401 e. The van der Waals surface area contributed by atoms with E-state index in [0.717, 1.165) is 5.56 Å². The number of hydrogen-bond acceptors (Lipinski definition) is 2. The van der Waals surface area contributed by atoms with Crippen LogP contribution in [0.3, 0.4) is 0 Å². The van der Waals surface area contributed by atoms with Crippen LogP contribution in [0.4, 0.5) is 4.20 Å². The van der Waals surface area contributed by atoms with Crippen molar-refractivity contribution in [2.45, 2.75) is 26.2 Å². The largest absolute Gasteiger partial charge is 0.567 e. The SMILES string of the molecule is CC(C)(C)c1ccc(OP(=O)(O)F)cc1. The third-order valence-electron chi connectivity index (χ3n) is 1.94. The van der Waals surface area contributed by atoms with Gasteiger partial charge in [-0.2, -0.15) is 0 Å². The van der Waals surface area contributed by atoms with E-state index in [1.165, 1.54) is 12.1 Å². The highest BCUT2D eigenvalue weighted by atomic mass is 31.2. The standard InChI is InChI=1S/C10H14FO3P/c1-10(2,3)8-4-6-9(7-5-8)14-15(11,12)13/h4-7H,1-3H3,(H,12,13). The van der Waals surface area contributed by atoms with Crippen molar-refractivity contribution < 1.29 is 18.2 Å². The maximum Gasteiger partial charge on any atom is 0.567 e. The molecule has 0 spiro atoms. The van der Waals surface area contributed by atoms with Crippen LogP contribution < -0.4 is 4.52 Å². The molecule has 1 rings (SSSR count). The van der Waals surface area contributed by atoms with Crippen molar-refractivity contribution in [1.29, 1.82) is 0 Å². The molecule has 5 heteroatoms. The second-order valence-electron chi connectivity index (χ2n) is 4.32. The lowest BCUT2D eigenvalue weighted by molar-refractivity contribution is 0.330. The summed E-state index contributed by atoms with van der Waals surface area (Å²) >= 11 is 0. The summed E-state index contributed by atoms with van der Waals surface area (Å²) < 4.78 is 26.8. The molecule has 0 radical (unpaired) electrons. The first-order valence-corrected chi connectivity index (χ1v) is 5.98. The molecule has 84 valence electrons. The first-order chi connectivity index (χ1) is 6.68. The second-order valence-corrected chi connectivity index (χ2v) is 5.40. The quantitative estimate of drug-likeness (QED) is 0.794. The molecule has 0 fully saturated rings. The van der Waals surface area contributed by atoms with Crippen LogP contribution in [0.1, 0.15) is 26.3 Å². The highest BCUT2D eigenvalue weighted by molar-refractivity contribution is 7.47. The molecule has 0 aliphatic carbocycles. The second kappa shape index (κ2) is 3.95. The minimum absolute atomic E-state index is 0.0167. The van der Waals surface area contributed by atoms with Gasteiger partial charge in [0.15, 0.2) is 0 Å². The molecule has 1 aromatic carbocycles. The lowest BCUT2D eigenvalue weighted by Crippen LogP contribution is -2.10. The van der Waals surface area contributed by atoms with Gasteiger partial charge in [0, 0.05) is 0 Å². The maximum atomic E-state index is 12.3. The Morgan fingerprint density at radius 1 is 1.27 bits per heavy atom. The van der Waals surface area contributed by atoms with E-state index in [0.29, 0.717) is 0 Å². The Hall–Kier alpha value is -0.860. The van der Waals surface area contributed by atoms with Crippen LogP contribution in [0.25, 0.3) is 0 Å². The Morgan fingerprint density at radius 2 is 1.73 bits per heavy atom. The summed E-state index contributed by atoms with van der Waals surface area (Å²) in [6, 6.07) is 6.43. The van der Waals surface area contributed by atoms with Gasteiger partial charge in [-0.15, -0.1) is 4.20 Å². The molecule has 1 unspecified atom stereocenters. The number of benzene rings is 1. The molecule has 0 heterocycles. The van der Waals surface area contributed by atoms with Gasteiger partial charge in [-0.3, -0.25) is 4.89 Å². The average molecular weight is 232 g/mol. The molecule has 3 nitrogen and oxygen atoms in total. The van der Waals surface area contributed by atoms with Crippen molar-refractivity contribution in [3.8, 4) is 5.75 Å². The Balaban J connectivity index is 2.87. The Bertz CT molecular complexity index is 375. The van der Waals surface area contributed by atoms with Gasteiger partial charge in [0.1, 0.15) is 5.75 Å². The summed E-state index contributed by atoms with van der Waals surface area (Å²) in [5.41, 5.74) is 1.03. The van der Waals surface area contributed by atoms with E-state index < -0.39 is 7.91 Å². The Kier molecular flexibility index (Phi) is 3.22. The Labute approximate surface area is 88.5 Å². The predicted octanol–water partition coefficient (Wildman–Crippen LogP) is 3.43. The van der Waals surface area contributed by atoms with Gasteiger partial charge in [0.25, 0.3) is 0 Å². The number of halogens is 1. The summed E-state index contributed by atoms with van der Waals surface area (Å²) in [6.45, 7) is 6.11. The van der Waals surface area contributed by atoms with E-state index in [2.05, 4.69) is 4.52 Å². The molecule has 0 bridgehead atoms. The van der Waals surface area contributed by atoms with E-state index in [1.54, 1.807) is 12.1 Å². The Morgan fingerprint density at radius 3 is 2.07 bits per heavy atom. The zero-order chi connectivity index (χ0) is 11.7. The highest BCUT2D eigenvalue weighted by Gasteiger charge is 2.19. The molecule has 0 aliphatic rings. The van der Waals surface area contributed by atoms with E-state index in [4.69, 9.17) is 4.89 Å². The fraction of sp³-hybridized carbons (Fsp3) is 0.400. The van der Waals surface area contributed by atoms with Crippen LogP contribution in [0, 0.1) is 0 Å². The van der Waals surface area contributed by atoms with Crippen molar-refractivity contribution in [1.82, 2.24) is 0 Å². The van der Waals surface area contributed by atoms with Gasteiger partial charge < -0.3 is 4.52 Å². The van der Waals surface area contributed by atoms with Crippen LogP contribution in [-0.4, -0.2) is 4.89 Å². The molecule has 1 N–H and O–H groups in total. The molecule has 0 aliphatic heterocycles. The third-order valence-corrected chi connectivity index (χ3v) is 2.37. The lowest BCUT2D eigenvalue weighted by atomic mass is 9.87. The molecular formula is C10H14FO3P. The summed E-state index contributed by atoms with van der Waals surface area (Å²) in [6.07, 6.45) is 0. The fourth-order valence-electron chi connectivity index (χ4n) is 1.15. The van der Waals surface area contributed by atoms with Crippen molar-refractivity contribution in [3.63, 3.8) is 0 Å². The van der Waals surface area contributed by atoms with Crippen LogP contribution in [0.5, 0.6) is 5.75 Å². The zero-order valence-electron chi connectivity index (χ0n) is 8.90. The fourth-order valence-corrected chi connectivity index (χ4v) is 1.53. The highest BCUT2D eigenvalue weighted by Crippen LogP contribution is 2.44. The predicted molar refractivity (Wildman–Crippen MR) is 56.7 cm³/mol. The minimum atomic E-state index is -4.94. The van der Waals surface area contributed by atoms with Crippen LogP contribution >= 0.6 is 7.91 Å². The molecule has 15 heavy (non-hydrogen) atoms. The lowest BCUT2D eigenvalue weighted by Gasteiger charge is -2.19. The summed E-state index contributed by atoms with van der Waals surface area (Å²) in [4.78, 5) is 8.37. The average Bonchev–Trinajstić information content (AvgIpc) is 2.00. The summed E-state index contributed by atoms with van der Waals surface area (Å²) in [5.74, 6) is 0.0522. The molecule has 0 saturated heterocycles. The van der Waals surface area contributed by atoms with Crippen LogP contribution in [0.2, 0.25) is 0 Å². The van der Waals surface area contributed by atoms with E-state index in [-0.39, 0.29) is 11.2 Å². The van der Waals surface area contributed by atoms with Gasteiger partial charge in [0.2, 0.25) is 0 Å². The van der Waals surface area contributed by atoms with E-state index in [1.807, 2.05) is 20.8 Å². The monoisotopic (exact) mass is 232 g/mol. The summed E-state index contributed by atoms with van der Waals surface area (Å²) in [5, 5.41) is 0. The zero-order valence-corrected chi connectivity index (χ0v) is 9.79. The maximum absolute atomic E-state index is 12.3. The van der Waals surface area contributed by atoms with Gasteiger partial charge >= 0.3 is 7.91 Å². The van der Waals surface area contributed by atoms with E-state index >= 15 is 0 Å². The molecule has 1 atom stereocenters. The van der Waals surface area contributed by atoms with Crippen molar-refractivity contribution in [2.75, 3.05) is 0 Å². The third kappa shape index (κ3) is 4.02. The molecular weight excluding hydrogens is 218 g/mol. The summed E-state index contributed by atoms with van der Waals surface area (Å²) in [7, 11) is -4.94. The van der Waals surface area contributed by atoms with Gasteiger partial charge in [0.05, 0.1) is 0 Å². The van der Waals surface area contributed by atoms with E-state index in [9.17, 15) is 8.76 Å². The molecule has 0 amide bonds. The topological polar surface area (TPSA) is 46.5 Å². The van der Waals surface area contributed by atoms with Crippen LogP contribution in [0.15, 0.2) is 24.3 Å². The minimum Gasteiger partial charge on any atom is -0.401 e. The number of hydrogen-bond donors (Lipinski definition) is 1. The first-order valence-electron chi connectivity index (χ1n) is 4.51. The normalized spacial score (nSPS) is 15.8. The van der Waals surface area contributed by atoms with Gasteiger partial charge in [-0.05, 0) is 23.1 Å². The van der Waals surface area contributed by atoms with Crippen molar-refractivity contribution >= 4 is 7.91 Å². The number of rotatable bonds is 2. The van der Waals surface area contributed by atoms with Crippen molar-refractivity contribution in [3.05, 3.63) is 29.8 Å². The van der Waals surface area contributed by atoms with Crippen LogP contribution in [-0.2, 0) is 9.98 Å². The molecule has 0 aromatic heterocycles. The van der Waals surface area contributed by atoms with Gasteiger partial charge in [-0.25, -0.2) is 4.57 Å². The first kappa shape index (κ1) is 12.2. The molecule has 1 aromatic rings. The molecule has 0 saturated carbocycles. The van der Waals surface area contributed by atoms with Gasteiger partial charge in [-0.1, -0.05) is 32.9 Å². The van der Waals surface area contributed by atoms with Crippen molar-refractivity contribution in [2.24, 2.45) is 0 Å².